The Balaban J connectivity index is 1.31. The smallest absolute Gasteiger partial charge is 0.227 e. The molecule has 1 aliphatic rings. The normalized spacial score (nSPS) is 14.9. The van der Waals surface area contributed by atoms with E-state index in [4.69, 9.17) is 10.1 Å². The molecule has 0 spiro atoms. The van der Waals surface area contributed by atoms with Gasteiger partial charge in [-0.25, -0.2) is 14.4 Å². The summed E-state index contributed by atoms with van der Waals surface area (Å²) >= 11 is 0. The van der Waals surface area contributed by atoms with Gasteiger partial charge in [0.25, 0.3) is 0 Å². The zero-order chi connectivity index (χ0) is 23.3. The Bertz CT molecular complexity index is 1260. The topological polar surface area (TPSA) is 73.3 Å². The van der Waals surface area contributed by atoms with Crippen molar-refractivity contribution in [1.82, 2.24) is 14.9 Å². The van der Waals surface area contributed by atoms with Gasteiger partial charge < -0.3 is 20.6 Å². The number of piperidine rings is 1. The highest BCUT2D eigenvalue weighted by atomic mass is 19.1. The summed E-state index contributed by atoms with van der Waals surface area (Å²) in [6, 6.07) is 21.4. The Morgan fingerprint density at radius 2 is 1.82 bits per heavy atom. The van der Waals surface area contributed by atoms with Crippen molar-refractivity contribution in [2.24, 2.45) is 0 Å². The second kappa shape index (κ2) is 10.2. The van der Waals surface area contributed by atoms with E-state index < -0.39 is 0 Å². The molecule has 1 aromatic heterocycles. The van der Waals surface area contributed by atoms with Crippen LogP contribution in [0.3, 0.4) is 0 Å². The molecule has 0 aliphatic carbocycles. The fourth-order valence-electron chi connectivity index (χ4n) is 4.47. The molecule has 6 nitrogen and oxygen atoms in total. The first-order valence-corrected chi connectivity index (χ1v) is 11.7. The number of nitrogens with one attached hydrogen (secondary N) is 2. The molecule has 0 atom stereocenters. The lowest BCUT2D eigenvalue weighted by molar-refractivity contribution is 0.168. The summed E-state index contributed by atoms with van der Waals surface area (Å²) in [5.41, 5.74) is 4.05. The number of hydrogen-bond acceptors (Lipinski definition) is 6. The van der Waals surface area contributed by atoms with E-state index in [0.29, 0.717) is 23.9 Å². The summed E-state index contributed by atoms with van der Waals surface area (Å²) in [6.45, 7) is 2.69. The first-order chi connectivity index (χ1) is 16.7. The number of aromatic nitrogens is 2. The molecule has 4 aromatic rings. The zero-order valence-corrected chi connectivity index (χ0v) is 18.9. The molecule has 1 saturated heterocycles. The van der Waals surface area contributed by atoms with Crippen LogP contribution in [0.25, 0.3) is 22.0 Å². The maximum Gasteiger partial charge on any atom is 0.227 e. The van der Waals surface area contributed by atoms with Crippen molar-refractivity contribution in [1.29, 1.82) is 0 Å². The van der Waals surface area contributed by atoms with Gasteiger partial charge in [0.15, 0.2) is 0 Å². The largest absolute Gasteiger partial charge is 0.395 e. The van der Waals surface area contributed by atoms with Crippen LogP contribution >= 0.6 is 0 Å². The van der Waals surface area contributed by atoms with Crippen molar-refractivity contribution in [3.8, 4) is 11.1 Å². The van der Waals surface area contributed by atoms with Crippen LogP contribution in [-0.2, 0) is 0 Å². The molecule has 0 radical (unpaired) electrons. The molecule has 174 valence electrons. The Kier molecular flexibility index (Phi) is 6.65. The minimum absolute atomic E-state index is 0.176. The molecule has 3 aromatic carbocycles. The highest BCUT2D eigenvalue weighted by molar-refractivity contribution is 5.93. The first kappa shape index (κ1) is 22.3. The van der Waals surface area contributed by atoms with Crippen molar-refractivity contribution in [3.05, 3.63) is 78.7 Å². The van der Waals surface area contributed by atoms with E-state index in [0.717, 1.165) is 48.0 Å². The fourth-order valence-corrected chi connectivity index (χ4v) is 4.47. The van der Waals surface area contributed by atoms with E-state index in [1.54, 1.807) is 12.3 Å². The van der Waals surface area contributed by atoms with E-state index in [-0.39, 0.29) is 18.5 Å². The Morgan fingerprint density at radius 3 is 2.59 bits per heavy atom. The monoisotopic (exact) mass is 457 g/mol. The van der Waals surface area contributed by atoms with E-state index in [9.17, 15) is 4.39 Å². The number of β-amino-alcohol motifs (C(OH)–C–C–N with tert-alkyl or cyclic N) is 1. The van der Waals surface area contributed by atoms with Gasteiger partial charge in [0.2, 0.25) is 5.95 Å². The van der Waals surface area contributed by atoms with E-state index in [1.165, 1.54) is 6.07 Å². The van der Waals surface area contributed by atoms with Crippen molar-refractivity contribution < 1.29 is 9.50 Å². The quantitative estimate of drug-likeness (QED) is 0.361. The number of aliphatic hydroxyl groups is 1. The molecule has 5 rings (SSSR count). The van der Waals surface area contributed by atoms with Gasteiger partial charge in [-0.2, -0.15) is 0 Å². The number of benzene rings is 3. The maximum absolute atomic E-state index is 14.9. The highest BCUT2D eigenvalue weighted by Crippen LogP contribution is 2.29. The summed E-state index contributed by atoms with van der Waals surface area (Å²) in [7, 11) is 0. The van der Waals surface area contributed by atoms with Crippen LogP contribution in [0.5, 0.6) is 0 Å². The average Bonchev–Trinajstić information content (AvgIpc) is 2.87. The molecular formula is C27H28FN5O. The second-order valence-electron chi connectivity index (χ2n) is 8.61. The molecule has 0 bridgehead atoms. The third-order valence-corrected chi connectivity index (χ3v) is 6.28. The minimum Gasteiger partial charge on any atom is -0.395 e. The van der Waals surface area contributed by atoms with Gasteiger partial charge in [0.05, 0.1) is 17.8 Å². The summed E-state index contributed by atoms with van der Waals surface area (Å²) in [4.78, 5) is 11.4. The molecule has 0 saturated carbocycles. The summed E-state index contributed by atoms with van der Waals surface area (Å²) < 4.78 is 14.9. The standard InChI is InChI=1S/C27H28FN5O/c28-24-17-22(9-10-25(24)30-21-11-13-33(14-12-21)15-16-34)31-27-29-18-20-7-4-8-23(26(20)32-27)19-5-2-1-3-6-19/h1-10,17-18,21,30,34H,11-16H2,(H,29,31,32). The molecular weight excluding hydrogens is 429 g/mol. The van der Waals surface area contributed by atoms with Crippen LogP contribution in [0.1, 0.15) is 12.8 Å². The third-order valence-electron chi connectivity index (χ3n) is 6.28. The van der Waals surface area contributed by atoms with E-state index in [2.05, 4.69) is 32.7 Å². The number of aliphatic hydroxyl groups excluding tert-OH is 1. The highest BCUT2D eigenvalue weighted by Gasteiger charge is 2.19. The Morgan fingerprint density at radius 1 is 1.00 bits per heavy atom. The number of fused-ring (bicyclic) bond motifs is 1. The van der Waals surface area contributed by atoms with Crippen LogP contribution in [0.2, 0.25) is 0 Å². The molecule has 0 unspecified atom stereocenters. The number of rotatable bonds is 7. The number of nitrogens with zero attached hydrogens (tertiary/aromatic N) is 3. The van der Waals surface area contributed by atoms with Crippen LogP contribution in [-0.4, -0.2) is 52.3 Å². The number of para-hydroxylation sites is 1. The molecule has 1 aliphatic heterocycles. The van der Waals surface area contributed by atoms with Crippen molar-refractivity contribution in [3.63, 3.8) is 0 Å². The van der Waals surface area contributed by atoms with Crippen LogP contribution in [0.15, 0.2) is 72.9 Å². The molecule has 7 heteroatoms. The summed E-state index contributed by atoms with van der Waals surface area (Å²) in [6.07, 6.45) is 3.63. The van der Waals surface area contributed by atoms with Crippen molar-refractivity contribution in [2.75, 3.05) is 36.9 Å². The first-order valence-electron chi connectivity index (χ1n) is 11.7. The van der Waals surface area contributed by atoms with Crippen LogP contribution < -0.4 is 10.6 Å². The third kappa shape index (κ3) is 5.00. The van der Waals surface area contributed by atoms with Crippen LogP contribution in [0, 0.1) is 5.82 Å². The van der Waals surface area contributed by atoms with Gasteiger partial charge in [-0.15, -0.1) is 0 Å². The van der Waals surface area contributed by atoms with Crippen molar-refractivity contribution >= 4 is 28.2 Å². The number of hydrogen-bond donors (Lipinski definition) is 3. The van der Waals surface area contributed by atoms with E-state index in [1.807, 2.05) is 42.5 Å². The summed E-state index contributed by atoms with van der Waals surface area (Å²) in [5, 5.41) is 16.5. The SMILES string of the molecule is OCCN1CCC(Nc2ccc(Nc3ncc4cccc(-c5ccccc5)c4n3)cc2F)CC1. The second-order valence-corrected chi connectivity index (χ2v) is 8.61. The zero-order valence-electron chi connectivity index (χ0n) is 18.9. The van der Waals surface area contributed by atoms with Crippen LogP contribution in [0.4, 0.5) is 21.7 Å². The lowest BCUT2D eigenvalue weighted by Gasteiger charge is -2.32. The number of anilines is 3. The van der Waals surface area contributed by atoms with Gasteiger partial charge in [0.1, 0.15) is 5.82 Å². The lowest BCUT2D eigenvalue weighted by Crippen LogP contribution is -2.40. The molecule has 1 fully saturated rings. The van der Waals surface area contributed by atoms with Gasteiger partial charge in [0, 0.05) is 48.5 Å². The van der Waals surface area contributed by atoms with Crippen molar-refractivity contribution in [2.45, 2.75) is 18.9 Å². The predicted molar refractivity (Wildman–Crippen MR) is 135 cm³/mol. The molecule has 3 N–H and O–H groups in total. The van der Waals surface area contributed by atoms with Gasteiger partial charge in [-0.3, -0.25) is 0 Å². The molecule has 2 heterocycles. The van der Waals surface area contributed by atoms with Gasteiger partial charge >= 0.3 is 0 Å². The minimum atomic E-state index is -0.312. The van der Waals surface area contributed by atoms with Gasteiger partial charge in [-0.05, 0) is 36.6 Å². The number of halogens is 1. The Labute approximate surface area is 198 Å². The fraction of sp³-hybridized carbons (Fsp3) is 0.259. The average molecular weight is 458 g/mol. The van der Waals surface area contributed by atoms with E-state index >= 15 is 0 Å². The lowest BCUT2D eigenvalue weighted by atomic mass is 10.0. The number of likely N-dealkylation sites (tertiary alicyclic amines) is 1. The summed E-state index contributed by atoms with van der Waals surface area (Å²) in [5.74, 6) is 0.112. The Hall–Kier alpha value is -3.55. The molecule has 34 heavy (non-hydrogen) atoms. The maximum atomic E-state index is 14.9. The molecule has 0 amide bonds. The van der Waals surface area contributed by atoms with Gasteiger partial charge in [-0.1, -0.05) is 48.5 Å². The predicted octanol–water partition coefficient (Wildman–Crippen LogP) is 5.05.